The highest BCUT2D eigenvalue weighted by Crippen LogP contribution is 2.00. The molecule has 0 atom stereocenters. The van der Waals surface area contributed by atoms with Crippen molar-refractivity contribution in [2.24, 2.45) is 0 Å². The highest BCUT2D eigenvalue weighted by atomic mass is 32.2. The summed E-state index contributed by atoms with van der Waals surface area (Å²) in [5.41, 5.74) is 0. The Labute approximate surface area is 120 Å². The van der Waals surface area contributed by atoms with Crippen molar-refractivity contribution < 1.29 is 17.9 Å². The zero-order chi connectivity index (χ0) is 15.2. The lowest BCUT2D eigenvalue weighted by Crippen LogP contribution is -2.45. The van der Waals surface area contributed by atoms with Crippen molar-refractivity contribution >= 4 is 16.1 Å². The predicted octanol–water partition coefficient (Wildman–Crippen LogP) is -1.83. The molecule has 0 aromatic rings. The first-order valence-corrected chi connectivity index (χ1v) is 7.94. The molecule has 1 heterocycles. The van der Waals surface area contributed by atoms with Crippen LogP contribution in [0.1, 0.15) is 0 Å². The molecule has 1 amide bonds. The van der Waals surface area contributed by atoms with E-state index in [2.05, 4.69) is 10.2 Å². The minimum atomic E-state index is -3.54. The topological polar surface area (TPSA) is 82.2 Å². The Hall–Kier alpha value is -0.740. The van der Waals surface area contributed by atoms with Gasteiger partial charge in [0.2, 0.25) is 5.91 Å². The number of morpholine rings is 1. The second-order valence-electron chi connectivity index (χ2n) is 4.85. The molecule has 1 saturated heterocycles. The zero-order valence-electron chi connectivity index (χ0n) is 12.3. The third-order valence-electron chi connectivity index (χ3n) is 3.08. The number of ether oxygens (including phenoxy) is 1. The third kappa shape index (κ3) is 5.33. The molecule has 9 heteroatoms. The molecule has 1 fully saturated rings. The molecule has 0 aliphatic carbocycles. The minimum absolute atomic E-state index is 0.177. The first-order chi connectivity index (χ1) is 9.34. The molecule has 0 unspecified atom stereocenters. The largest absolute Gasteiger partial charge is 0.379 e. The van der Waals surface area contributed by atoms with Gasteiger partial charge in [-0.1, -0.05) is 0 Å². The van der Waals surface area contributed by atoms with Crippen LogP contribution in [-0.2, 0) is 19.7 Å². The first-order valence-electron chi connectivity index (χ1n) is 6.54. The fraction of sp³-hybridized carbons (Fsp3) is 0.909. The molecule has 1 aliphatic rings. The van der Waals surface area contributed by atoms with Crippen LogP contribution in [0.3, 0.4) is 0 Å². The standard InChI is InChI=1S/C11H24N4O4S/c1-13(2)20(17,18)14(3)10-11(16)12-4-5-15-6-8-19-9-7-15/h4-10H2,1-3H3,(H,12,16). The number of hydrogen-bond acceptors (Lipinski definition) is 5. The van der Waals surface area contributed by atoms with E-state index in [1.807, 2.05) is 0 Å². The van der Waals surface area contributed by atoms with E-state index in [1.165, 1.54) is 21.1 Å². The number of nitrogens with one attached hydrogen (secondary N) is 1. The normalized spacial score (nSPS) is 17.6. The third-order valence-corrected chi connectivity index (χ3v) is 4.92. The molecule has 1 rings (SSSR count). The van der Waals surface area contributed by atoms with Gasteiger partial charge in [0, 0.05) is 47.3 Å². The van der Waals surface area contributed by atoms with Crippen LogP contribution in [0.2, 0.25) is 0 Å². The Morgan fingerprint density at radius 1 is 1.25 bits per heavy atom. The van der Waals surface area contributed by atoms with Gasteiger partial charge in [0.1, 0.15) is 0 Å². The summed E-state index contributed by atoms with van der Waals surface area (Å²) in [6.45, 7) is 4.25. The summed E-state index contributed by atoms with van der Waals surface area (Å²) in [4.78, 5) is 13.9. The molecular weight excluding hydrogens is 284 g/mol. The van der Waals surface area contributed by atoms with Crippen molar-refractivity contribution in [2.75, 3.05) is 67.1 Å². The number of rotatable bonds is 7. The van der Waals surface area contributed by atoms with Crippen LogP contribution < -0.4 is 5.32 Å². The first kappa shape index (κ1) is 17.3. The van der Waals surface area contributed by atoms with Crippen LogP contribution in [0.25, 0.3) is 0 Å². The van der Waals surface area contributed by atoms with Crippen LogP contribution in [-0.4, -0.2) is 94.9 Å². The Kier molecular flexibility index (Phi) is 6.83. The summed E-state index contributed by atoms with van der Waals surface area (Å²) in [7, 11) is 0.713. The second kappa shape index (κ2) is 7.89. The van der Waals surface area contributed by atoms with Crippen LogP contribution in [0.4, 0.5) is 0 Å². The van der Waals surface area contributed by atoms with Gasteiger partial charge in [-0.15, -0.1) is 0 Å². The predicted molar refractivity (Wildman–Crippen MR) is 75.5 cm³/mol. The van der Waals surface area contributed by atoms with Crippen molar-refractivity contribution in [3.05, 3.63) is 0 Å². The molecule has 0 spiro atoms. The van der Waals surface area contributed by atoms with Gasteiger partial charge in [-0.25, -0.2) is 0 Å². The van der Waals surface area contributed by atoms with Gasteiger partial charge in [0.25, 0.3) is 10.2 Å². The van der Waals surface area contributed by atoms with Crippen molar-refractivity contribution in [2.45, 2.75) is 0 Å². The Bertz CT molecular complexity index is 407. The average molecular weight is 308 g/mol. The number of hydrogen-bond donors (Lipinski definition) is 1. The van der Waals surface area contributed by atoms with Gasteiger partial charge in [-0.3, -0.25) is 9.69 Å². The molecule has 8 nitrogen and oxygen atoms in total. The molecule has 0 aromatic heterocycles. The maximum absolute atomic E-state index is 11.7. The summed E-state index contributed by atoms with van der Waals surface area (Å²) in [5, 5.41) is 2.73. The Morgan fingerprint density at radius 3 is 2.40 bits per heavy atom. The second-order valence-corrected chi connectivity index (χ2v) is 7.10. The van der Waals surface area contributed by atoms with E-state index in [0.29, 0.717) is 6.54 Å². The van der Waals surface area contributed by atoms with E-state index >= 15 is 0 Å². The SMILES string of the molecule is CN(C)S(=O)(=O)N(C)CC(=O)NCCN1CCOCC1. The van der Waals surface area contributed by atoms with Gasteiger partial charge >= 0.3 is 0 Å². The lowest BCUT2D eigenvalue weighted by atomic mass is 10.4. The van der Waals surface area contributed by atoms with Crippen molar-refractivity contribution in [3.8, 4) is 0 Å². The lowest BCUT2D eigenvalue weighted by Gasteiger charge is -2.26. The lowest BCUT2D eigenvalue weighted by molar-refractivity contribution is -0.121. The van der Waals surface area contributed by atoms with Gasteiger partial charge < -0.3 is 10.1 Å². The summed E-state index contributed by atoms with van der Waals surface area (Å²) < 4.78 is 30.8. The molecule has 1 aliphatic heterocycles. The van der Waals surface area contributed by atoms with E-state index in [1.54, 1.807) is 0 Å². The van der Waals surface area contributed by atoms with Crippen molar-refractivity contribution in [1.29, 1.82) is 0 Å². The summed E-state index contributed by atoms with van der Waals surface area (Å²) in [6, 6.07) is 0. The van der Waals surface area contributed by atoms with E-state index < -0.39 is 10.2 Å². The molecule has 0 bridgehead atoms. The van der Waals surface area contributed by atoms with Crippen molar-refractivity contribution in [3.63, 3.8) is 0 Å². The molecule has 0 aromatic carbocycles. The zero-order valence-corrected chi connectivity index (χ0v) is 13.1. The maximum Gasteiger partial charge on any atom is 0.281 e. The molecule has 20 heavy (non-hydrogen) atoms. The molecule has 118 valence electrons. The Balaban J connectivity index is 2.26. The molecular formula is C11H24N4O4S. The van der Waals surface area contributed by atoms with Crippen molar-refractivity contribution in [1.82, 2.24) is 18.8 Å². The van der Waals surface area contributed by atoms with E-state index in [0.717, 1.165) is 41.5 Å². The molecule has 0 saturated carbocycles. The fourth-order valence-electron chi connectivity index (χ4n) is 1.80. The molecule has 1 N–H and O–H groups in total. The van der Waals surface area contributed by atoms with Gasteiger partial charge in [0.05, 0.1) is 19.8 Å². The monoisotopic (exact) mass is 308 g/mol. The van der Waals surface area contributed by atoms with Gasteiger partial charge in [0.15, 0.2) is 0 Å². The van der Waals surface area contributed by atoms with Crippen LogP contribution in [0.15, 0.2) is 0 Å². The van der Waals surface area contributed by atoms with Gasteiger partial charge in [-0.2, -0.15) is 17.0 Å². The number of carbonyl (C=O) groups excluding carboxylic acids is 1. The van der Waals surface area contributed by atoms with E-state index in [9.17, 15) is 13.2 Å². The van der Waals surface area contributed by atoms with Crippen LogP contribution in [0, 0.1) is 0 Å². The highest BCUT2D eigenvalue weighted by Gasteiger charge is 2.22. The quantitative estimate of drug-likeness (QED) is 0.598. The van der Waals surface area contributed by atoms with E-state index in [-0.39, 0.29) is 12.5 Å². The summed E-state index contributed by atoms with van der Waals surface area (Å²) >= 11 is 0. The highest BCUT2D eigenvalue weighted by molar-refractivity contribution is 7.86. The Morgan fingerprint density at radius 2 is 1.85 bits per heavy atom. The van der Waals surface area contributed by atoms with Crippen LogP contribution >= 0.6 is 0 Å². The van der Waals surface area contributed by atoms with Gasteiger partial charge in [-0.05, 0) is 0 Å². The number of nitrogens with zero attached hydrogens (tertiary/aromatic N) is 3. The van der Waals surface area contributed by atoms with E-state index in [4.69, 9.17) is 4.74 Å². The summed E-state index contributed by atoms with van der Waals surface area (Å²) in [6.07, 6.45) is 0. The average Bonchev–Trinajstić information content (AvgIpc) is 2.39. The number of likely N-dealkylation sites (N-methyl/N-ethyl adjacent to an activating group) is 1. The number of amides is 1. The summed E-state index contributed by atoms with van der Waals surface area (Å²) in [5.74, 6) is -0.300. The minimum Gasteiger partial charge on any atom is -0.379 e. The fourth-order valence-corrected chi connectivity index (χ4v) is 2.63. The smallest absolute Gasteiger partial charge is 0.281 e. The maximum atomic E-state index is 11.7. The molecule has 0 radical (unpaired) electrons. The van der Waals surface area contributed by atoms with Crippen LogP contribution in [0.5, 0.6) is 0 Å². The number of carbonyl (C=O) groups is 1.